The fourth-order valence-electron chi connectivity index (χ4n) is 3.14. The summed E-state index contributed by atoms with van der Waals surface area (Å²) in [5, 5.41) is 33.6. The van der Waals surface area contributed by atoms with Crippen LogP contribution in [-0.4, -0.2) is 36.3 Å². The lowest BCUT2D eigenvalue weighted by Gasteiger charge is -2.10. The number of nitro benzene ring substituents is 2. The van der Waals surface area contributed by atoms with Crippen LogP contribution in [0, 0.1) is 20.2 Å². The molecule has 0 radical (unpaired) electrons. The molecule has 11 nitrogen and oxygen atoms in total. The normalized spacial score (nSPS) is 10.6. The van der Waals surface area contributed by atoms with Crippen LogP contribution in [0.15, 0.2) is 84.0 Å². The second kappa shape index (κ2) is 9.92. The maximum Gasteiger partial charge on any atom is 0.271 e. The molecule has 0 aliphatic rings. The third-order valence-electron chi connectivity index (χ3n) is 4.64. The highest BCUT2D eigenvalue weighted by molar-refractivity contribution is 7.99. The van der Waals surface area contributed by atoms with E-state index in [0.717, 1.165) is 17.4 Å². The Bertz CT molecular complexity index is 1380. The number of nitrogens with zero attached hydrogens (tertiary/aromatic N) is 5. The smallest absolute Gasteiger partial charge is 0.271 e. The van der Waals surface area contributed by atoms with Crippen LogP contribution in [0.3, 0.4) is 0 Å². The summed E-state index contributed by atoms with van der Waals surface area (Å²) in [6, 6.07) is 20.9. The van der Waals surface area contributed by atoms with Gasteiger partial charge in [-0.05, 0) is 18.2 Å². The van der Waals surface area contributed by atoms with Gasteiger partial charge in [0.2, 0.25) is 5.91 Å². The van der Waals surface area contributed by atoms with Crippen molar-refractivity contribution in [1.82, 2.24) is 14.8 Å². The molecule has 0 atom stereocenters. The van der Waals surface area contributed by atoms with Crippen molar-refractivity contribution in [3.63, 3.8) is 0 Å². The highest BCUT2D eigenvalue weighted by atomic mass is 32.2. The van der Waals surface area contributed by atoms with Crippen molar-refractivity contribution in [2.75, 3.05) is 11.1 Å². The molecule has 0 aliphatic heterocycles. The fraction of sp³-hybridized carbons (Fsp3) is 0.0455. The van der Waals surface area contributed by atoms with Crippen LogP contribution >= 0.6 is 11.8 Å². The van der Waals surface area contributed by atoms with Crippen molar-refractivity contribution >= 4 is 34.7 Å². The number of thioether (sulfide) groups is 1. The zero-order chi connectivity index (χ0) is 24.1. The maximum atomic E-state index is 12.5. The number of non-ortho nitro benzene ring substituents is 2. The minimum Gasteiger partial charge on any atom is -0.325 e. The van der Waals surface area contributed by atoms with E-state index in [1.54, 1.807) is 22.8 Å². The molecule has 34 heavy (non-hydrogen) atoms. The van der Waals surface area contributed by atoms with Gasteiger partial charge in [-0.25, -0.2) is 0 Å². The lowest BCUT2D eigenvalue weighted by atomic mass is 10.2. The standard InChI is InChI=1S/C22H16N6O5S/c29-20(23-16-7-5-11-19(13-16)28(32)33)14-34-22-25-24-21(26(22)17-8-2-1-3-9-17)15-6-4-10-18(12-15)27(30)31/h1-13H,14H2,(H,23,29). The number of nitrogens with one attached hydrogen (secondary N) is 1. The Morgan fingerprint density at radius 3 is 2.26 bits per heavy atom. The largest absolute Gasteiger partial charge is 0.325 e. The molecule has 0 unspecified atom stereocenters. The summed E-state index contributed by atoms with van der Waals surface area (Å²) < 4.78 is 1.71. The van der Waals surface area contributed by atoms with Gasteiger partial charge in [-0.1, -0.05) is 48.2 Å². The first-order valence-corrected chi connectivity index (χ1v) is 10.8. The van der Waals surface area contributed by atoms with Gasteiger partial charge >= 0.3 is 0 Å². The zero-order valence-electron chi connectivity index (χ0n) is 17.4. The van der Waals surface area contributed by atoms with Gasteiger partial charge in [0, 0.05) is 41.2 Å². The molecule has 3 aromatic carbocycles. The Balaban J connectivity index is 1.59. The number of hydrogen-bond acceptors (Lipinski definition) is 8. The van der Waals surface area contributed by atoms with Crippen LogP contribution in [0.4, 0.5) is 17.1 Å². The summed E-state index contributed by atoms with van der Waals surface area (Å²) in [5.41, 5.74) is 1.32. The number of hydrogen-bond donors (Lipinski definition) is 1. The quantitative estimate of drug-likeness (QED) is 0.222. The molecule has 170 valence electrons. The van der Waals surface area contributed by atoms with Crippen molar-refractivity contribution in [3.05, 3.63) is 99.1 Å². The second-order valence-corrected chi connectivity index (χ2v) is 7.87. The van der Waals surface area contributed by atoms with E-state index < -0.39 is 9.85 Å². The molecule has 0 bridgehead atoms. The first-order chi connectivity index (χ1) is 16.4. The molecule has 1 amide bonds. The Hall–Kier alpha value is -4.58. The number of nitro groups is 2. The molecule has 0 saturated carbocycles. The molecule has 4 aromatic rings. The summed E-state index contributed by atoms with van der Waals surface area (Å²) in [7, 11) is 0. The highest BCUT2D eigenvalue weighted by Gasteiger charge is 2.19. The molecule has 4 rings (SSSR count). The van der Waals surface area contributed by atoms with Crippen LogP contribution in [0.5, 0.6) is 0 Å². The number of carbonyl (C=O) groups is 1. The van der Waals surface area contributed by atoms with Gasteiger partial charge in [-0.15, -0.1) is 10.2 Å². The Morgan fingerprint density at radius 1 is 0.882 bits per heavy atom. The van der Waals surface area contributed by atoms with E-state index in [9.17, 15) is 25.0 Å². The van der Waals surface area contributed by atoms with Gasteiger partial charge in [0.1, 0.15) is 0 Å². The monoisotopic (exact) mass is 476 g/mol. The number of anilines is 1. The van der Waals surface area contributed by atoms with Crippen molar-refractivity contribution in [2.45, 2.75) is 5.16 Å². The van der Waals surface area contributed by atoms with Crippen molar-refractivity contribution < 1.29 is 14.6 Å². The molecular formula is C22H16N6O5S. The first-order valence-electron chi connectivity index (χ1n) is 9.85. The lowest BCUT2D eigenvalue weighted by Crippen LogP contribution is -2.14. The number of para-hydroxylation sites is 1. The molecule has 0 aliphatic carbocycles. The summed E-state index contributed by atoms with van der Waals surface area (Å²) in [4.78, 5) is 33.6. The number of carbonyl (C=O) groups excluding carboxylic acids is 1. The third-order valence-corrected chi connectivity index (χ3v) is 5.56. The minimum absolute atomic E-state index is 0.0391. The van der Waals surface area contributed by atoms with Gasteiger partial charge in [-0.2, -0.15) is 0 Å². The molecule has 0 fully saturated rings. The topological polar surface area (TPSA) is 146 Å². The van der Waals surface area contributed by atoms with Crippen LogP contribution < -0.4 is 5.32 Å². The molecular weight excluding hydrogens is 460 g/mol. The average Bonchev–Trinajstić information content (AvgIpc) is 3.27. The van der Waals surface area contributed by atoms with Gasteiger partial charge in [-0.3, -0.25) is 29.6 Å². The molecule has 1 N–H and O–H groups in total. The summed E-state index contributed by atoms with van der Waals surface area (Å²) in [6.07, 6.45) is 0. The summed E-state index contributed by atoms with van der Waals surface area (Å²) in [5.74, 6) is -0.0377. The van der Waals surface area contributed by atoms with Gasteiger partial charge in [0.05, 0.1) is 15.6 Å². The van der Waals surface area contributed by atoms with Crippen LogP contribution in [0.1, 0.15) is 0 Å². The Kier molecular flexibility index (Phi) is 6.59. The third kappa shape index (κ3) is 5.07. The number of benzene rings is 3. The van der Waals surface area contributed by atoms with Crippen molar-refractivity contribution in [1.29, 1.82) is 0 Å². The van der Waals surface area contributed by atoms with E-state index in [1.807, 2.05) is 30.3 Å². The molecule has 1 aromatic heterocycles. The number of aromatic nitrogens is 3. The number of rotatable bonds is 8. The molecule has 1 heterocycles. The van der Waals surface area contributed by atoms with Crippen LogP contribution in [0.25, 0.3) is 17.1 Å². The van der Waals surface area contributed by atoms with E-state index in [1.165, 1.54) is 30.3 Å². The van der Waals surface area contributed by atoms with Gasteiger partial charge < -0.3 is 5.32 Å². The van der Waals surface area contributed by atoms with E-state index in [2.05, 4.69) is 15.5 Å². The van der Waals surface area contributed by atoms with Crippen LogP contribution in [0.2, 0.25) is 0 Å². The molecule has 0 spiro atoms. The SMILES string of the molecule is O=C(CSc1nnc(-c2cccc([N+](=O)[O-])c2)n1-c1ccccc1)Nc1cccc([N+](=O)[O-])c1. The number of amides is 1. The van der Waals surface area contributed by atoms with E-state index >= 15 is 0 Å². The van der Waals surface area contributed by atoms with E-state index in [0.29, 0.717) is 22.2 Å². The summed E-state index contributed by atoms with van der Waals surface area (Å²) >= 11 is 1.12. The maximum absolute atomic E-state index is 12.5. The minimum atomic E-state index is -0.539. The Morgan fingerprint density at radius 2 is 1.56 bits per heavy atom. The van der Waals surface area contributed by atoms with E-state index in [4.69, 9.17) is 0 Å². The van der Waals surface area contributed by atoms with Gasteiger partial charge in [0.25, 0.3) is 11.4 Å². The van der Waals surface area contributed by atoms with Crippen LogP contribution in [-0.2, 0) is 4.79 Å². The predicted molar refractivity (Wildman–Crippen MR) is 126 cm³/mol. The zero-order valence-corrected chi connectivity index (χ0v) is 18.2. The van der Waals surface area contributed by atoms with Gasteiger partial charge in [0.15, 0.2) is 11.0 Å². The molecule has 12 heteroatoms. The first kappa shape index (κ1) is 22.6. The predicted octanol–water partition coefficient (Wildman–Crippen LogP) is 4.48. The highest BCUT2D eigenvalue weighted by Crippen LogP contribution is 2.30. The molecule has 0 saturated heterocycles. The van der Waals surface area contributed by atoms with E-state index in [-0.39, 0.29) is 23.0 Å². The average molecular weight is 476 g/mol. The second-order valence-electron chi connectivity index (χ2n) is 6.93. The summed E-state index contributed by atoms with van der Waals surface area (Å²) in [6.45, 7) is 0. The van der Waals surface area contributed by atoms with Crippen molar-refractivity contribution in [3.8, 4) is 17.1 Å². The lowest BCUT2D eigenvalue weighted by molar-refractivity contribution is -0.385. The fourth-order valence-corrected chi connectivity index (χ4v) is 3.90. The Labute approximate surface area is 196 Å². The van der Waals surface area contributed by atoms with Crippen molar-refractivity contribution in [2.24, 2.45) is 0 Å².